The molecule has 3 nitrogen and oxygen atoms in total. The van der Waals surface area contributed by atoms with Crippen molar-refractivity contribution in [2.24, 2.45) is 5.73 Å². The fourth-order valence-corrected chi connectivity index (χ4v) is 1.70. The predicted molar refractivity (Wildman–Crippen MR) is 72.7 cm³/mol. The van der Waals surface area contributed by atoms with Crippen molar-refractivity contribution in [2.45, 2.75) is 26.3 Å². The molecule has 100 valence electrons. The van der Waals surface area contributed by atoms with Crippen LogP contribution in [0.1, 0.15) is 30.6 Å². The third-order valence-corrected chi connectivity index (χ3v) is 2.89. The highest BCUT2D eigenvalue weighted by atomic mass is 19.1. The quantitative estimate of drug-likeness (QED) is 0.911. The van der Waals surface area contributed by atoms with Crippen molar-refractivity contribution in [3.05, 3.63) is 53.6 Å². The van der Waals surface area contributed by atoms with Crippen LogP contribution in [0.15, 0.2) is 36.5 Å². The molecule has 2 N–H and O–H groups in total. The van der Waals surface area contributed by atoms with Gasteiger partial charge in [-0.3, -0.25) is 4.98 Å². The second kappa shape index (κ2) is 5.80. The van der Waals surface area contributed by atoms with Crippen molar-refractivity contribution in [3.63, 3.8) is 0 Å². The summed E-state index contributed by atoms with van der Waals surface area (Å²) in [5, 5.41) is 0. The summed E-state index contributed by atoms with van der Waals surface area (Å²) in [6.45, 7) is 3.88. The zero-order valence-corrected chi connectivity index (χ0v) is 11.1. The number of hydrogen-bond acceptors (Lipinski definition) is 3. The van der Waals surface area contributed by atoms with Crippen LogP contribution in [-0.2, 0) is 0 Å². The fourth-order valence-electron chi connectivity index (χ4n) is 1.70. The number of ether oxygens (including phenoxy) is 1. The van der Waals surface area contributed by atoms with E-state index < -0.39 is 0 Å². The molecule has 0 aliphatic rings. The first-order valence-electron chi connectivity index (χ1n) is 6.25. The monoisotopic (exact) mass is 260 g/mol. The van der Waals surface area contributed by atoms with Gasteiger partial charge in [0.2, 0.25) is 0 Å². The van der Waals surface area contributed by atoms with Crippen molar-refractivity contribution >= 4 is 0 Å². The summed E-state index contributed by atoms with van der Waals surface area (Å²) in [5.41, 5.74) is 7.62. The Morgan fingerprint density at radius 1 is 1.32 bits per heavy atom. The molecule has 19 heavy (non-hydrogen) atoms. The minimum atomic E-state index is -0.389. The molecule has 0 bridgehead atoms. The predicted octanol–water partition coefficient (Wildman–Crippen LogP) is 3.73. The van der Waals surface area contributed by atoms with Crippen LogP contribution in [0.25, 0.3) is 0 Å². The lowest BCUT2D eigenvalue weighted by Gasteiger charge is -2.10. The number of nitrogens with two attached hydrogens (primary N) is 1. The molecule has 0 aliphatic heterocycles. The van der Waals surface area contributed by atoms with Crippen LogP contribution in [0.4, 0.5) is 4.39 Å². The zero-order chi connectivity index (χ0) is 13.8. The van der Waals surface area contributed by atoms with Crippen molar-refractivity contribution in [2.75, 3.05) is 0 Å². The second-order valence-electron chi connectivity index (χ2n) is 4.47. The average molecular weight is 260 g/mol. The lowest BCUT2D eigenvalue weighted by molar-refractivity contribution is 0.439. The van der Waals surface area contributed by atoms with Crippen LogP contribution in [0.3, 0.4) is 0 Å². The van der Waals surface area contributed by atoms with E-state index in [1.54, 1.807) is 30.5 Å². The van der Waals surface area contributed by atoms with E-state index in [1.807, 2.05) is 13.8 Å². The molecule has 1 aromatic carbocycles. The third-order valence-electron chi connectivity index (χ3n) is 2.89. The molecule has 0 saturated heterocycles. The van der Waals surface area contributed by atoms with Gasteiger partial charge in [0.1, 0.15) is 5.75 Å². The normalized spacial score (nSPS) is 12.2. The van der Waals surface area contributed by atoms with Gasteiger partial charge in [0.05, 0.1) is 11.9 Å². The molecular weight excluding hydrogens is 243 g/mol. The summed E-state index contributed by atoms with van der Waals surface area (Å²) in [6.07, 6.45) is 2.38. The highest BCUT2D eigenvalue weighted by Crippen LogP contribution is 2.25. The topological polar surface area (TPSA) is 48.1 Å². The molecular formula is C15H17FN2O. The van der Waals surface area contributed by atoms with Gasteiger partial charge >= 0.3 is 0 Å². The van der Waals surface area contributed by atoms with Gasteiger partial charge in [-0.05, 0) is 43.2 Å². The number of hydrogen-bond donors (Lipinski definition) is 1. The van der Waals surface area contributed by atoms with Gasteiger partial charge in [-0.2, -0.15) is 0 Å². The van der Waals surface area contributed by atoms with Crippen molar-refractivity contribution in [1.29, 1.82) is 0 Å². The van der Waals surface area contributed by atoms with E-state index in [-0.39, 0.29) is 17.6 Å². The molecule has 0 radical (unpaired) electrons. The van der Waals surface area contributed by atoms with Gasteiger partial charge in [-0.15, -0.1) is 0 Å². The summed E-state index contributed by atoms with van der Waals surface area (Å²) in [6, 6.07) is 8.21. The van der Waals surface area contributed by atoms with E-state index in [1.165, 1.54) is 6.07 Å². The summed E-state index contributed by atoms with van der Waals surface area (Å²) < 4.78 is 19.0. The Hall–Kier alpha value is -1.94. The third kappa shape index (κ3) is 3.29. The van der Waals surface area contributed by atoms with E-state index in [2.05, 4.69) is 4.98 Å². The maximum absolute atomic E-state index is 13.6. The van der Waals surface area contributed by atoms with Crippen LogP contribution >= 0.6 is 0 Å². The van der Waals surface area contributed by atoms with Gasteiger partial charge in [0, 0.05) is 6.04 Å². The van der Waals surface area contributed by atoms with Gasteiger partial charge in [0.25, 0.3) is 0 Å². The van der Waals surface area contributed by atoms with E-state index in [0.717, 1.165) is 17.7 Å². The second-order valence-corrected chi connectivity index (χ2v) is 4.47. The first kappa shape index (κ1) is 13.5. The van der Waals surface area contributed by atoms with E-state index in [0.29, 0.717) is 5.75 Å². The van der Waals surface area contributed by atoms with Crippen LogP contribution < -0.4 is 10.5 Å². The minimum Gasteiger partial charge on any atom is -0.453 e. The van der Waals surface area contributed by atoms with Gasteiger partial charge in [-0.25, -0.2) is 4.39 Å². The van der Waals surface area contributed by atoms with Crippen molar-refractivity contribution < 1.29 is 9.13 Å². The summed E-state index contributed by atoms with van der Waals surface area (Å²) in [4.78, 5) is 4.23. The lowest BCUT2D eigenvalue weighted by atomic mass is 10.1. The Morgan fingerprint density at radius 2 is 2.11 bits per heavy atom. The lowest BCUT2D eigenvalue weighted by Crippen LogP contribution is -2.10. The Kier molecular flexibility index (Phi) is 4.12. The van der Waals surface area contributed by atoms with Crippen LogP contribution in [0, 0.1) is 12.7 Å². The van der Waals surface area contributed by atoms with Crippen LogP contribution in [0.5, 0.6) is 11.5 Å². The number of aryl methyl sites for hydroxylation is 1. The number of halogens is 1. The standard InChI is InChI=1S/C15H17FN2O/c1-3-13(17)14-7-5-11(9-18-14)19-15-8-10(2)4-6-12(15)16/h4-9,13H,3,17H2,1-2H3/t13-/m0/s1. The van der Waals surface area contributed by atoms with E-state index >= 15 is 0 Å². The molecule has 4 heteroatoms. The summed E-state index contributed by atoms with van der Waals surface area (Å²) in [5.74, 6) is 0.311. The largest absolute Gasteiger partial charge is 0.453 e. The molecule has 0 unspecified atom stereocenters. The minimum absolute atomic E-state index is 0.0789. The zero-order valence-electron chi connectivity index (χ0n) is 11.1. The highest BCUT2D eigenvalue weighted by molar-refractivity contribution is 5.34. The first-order valence-corrected chi connectivity index (χ1v) is 6.25. The first-order chi connectivity index (χ1) is 9.10. The van der Waals surface area contributed by atoms with Crippen LogP contribution in [0.2, 0.25) is 0 Å². The van der Waals surface area contributed by atoms with Crippen molar-refractivity contribution in [3.8, 4) is 11.5 Å². The molecule has 0 spiro atoms. The van der Waals surface area contributed by atoms with E-state index in [4.69, 9.17) is 10.5 Å². The SMILES string of the molecule is CC[C@H](N)c1ccc(Oc2cc(C)ccc2F)cn1. The molecule has 0 aliphatic carbocycles. The Morgan fingerprint density at radius 3 is 2.74 bits per heavy atom. The smallest absolute Gasteiger partial charge is 0.165 e. The van der Waals surface area contributed by atoms with Crippen LogP contribution in [-0.4, -0.2) is 4.98 Å². The molecule has 1 atom stereocenters. The molecule has 0 saturated carbocycles. The maximum atomic E-state index is 13.6. The van der Waals surface area contributed by atoms with Crippen molar-refractivity contribution in [1.82, 2.24) is 4.98 Å². The molecule has 2 rings (SSSR count). The molecule has 0 amide bonds. The highest BCUT2D eigenvalue weighted by Gasteiger charge is 2.07. The molecule has 1 heterocycles. The molecule has 2 aromatic rings. The van der Waals surface area contributed by atoms with E-state index in [9.17, 15) is 4.39 Å². The summed E-state index contributed by atoms with van der Waals surface area (Å²) in [7, 11) is 0. The maximum Gasteiger partial charge on any atom is 0.165 e. The Labute approximate surface area is 112 Å². The number of aromatic nitrogens is 1. The fraction of sp³-hybridized carbons (Fsp3) is 0.267. The average Bonchev–Trinajstić information content (AvgIpc) is 2.43. The number of benzene rings is 1. The molecule has 0 fully saturated rings. The Balaban J connectivity index is 2.17. The Bertz CT molecular complexity index is 555. The van der Waals surface area contributed by atoms with Gasteiger partial charge < -0.3 is 10.5 Å². The summed E-state index contributed by atoms with van der Waals surface area (Å²) >= 11 is 0. The van der Waals surface area contributed by atoms with Gasteiger partial charge in [0.15, 0.2) is 11.6 Å². The van der Waals surface area contributed by atoms with Gasteiger partial charge in [-0.1, -0.05) is 13.0 Å². The number of pyridine rings is 1. The number of nitrogens with zero attached hydrogens (tertiary/aromatic N) is 1. The molecule has 1 aromatic heterocycles. The number of rotatable bonds is 4.